The fourth-order valence-electron chi connectivity index (χ4n) is 4.03. The first-order valence-corrected chi connectivity index (χ1v) is 11.4. The first-order valence-electron chi connectivity index (χ1n) is 10.6. The summed E-state index contributed by atoms with van der Waals surface area (Å²) in [5.41, 5.74) is -0.0104. The molecule has 11 heteroatoms. The van der Waals surface area contributed by atoms with Gasteiger partial charge in [-0.3, -0.25) is 14.6 Å². The topological polar surface area (TPSA) is 97.8 Å². The van der Waals surface area contributed by atoms with Crippen molar-refractivity contribution in [2.45, 2.75) is 18.3 Å². The van der Waals surface area contributed by atoms with Crippen molar-refractivity contribution < 1.29 is 37.3 Å². The van der Waals surface area contributed by atoms with Gasteiger partial charge in [0.15, 0.2) is 0 Å². The normalized spacial score (nSPS) is 16.6. The molecule has 2 aromatic heterocycles. The smallest absolute Gasteiger partial charge is 0.491 e. The van der Waals surface area contributed by atoms with Crippen LogP contribution < -0.4 is 14.8 Å². The number of ether oxygens (including phenoxy) is 2. The van der Waals surface area contributed by atoms with Gasteiger partial charge >= 0.3 is 6.36 Å². The van der Waals surface area contributed by atoms with Gasteiger partial charge in [-0.15, -0.1) is 24.5 Å². The molecular formula is C25H19F3N2O5S. The van der Waals surface area contributed by atoms with Crippen LogP contribution >= 0.6 is 11.3 Å². The number of fused-ring (bicyclic) bond motifs is 2. The summed E-state index contributed by atoms with van der Waals surface area (Å²) in [6.07, 6.45) is -2.84. The minimum Gasteiger partial charge on any atom is -0.491 e. The summed E-state index contributed by atoms with van der Waals surface area (Å²) in [5.74, 6) is -0.133. The van der Waals surface area contributed by atoms with Crippen LogP contribution in [0.1, 0.15) is 27.3 Å². The number of alkyl halides is 3. The molecule has 0 saturated carbocycles. The zero-order valence-corrected chi connectivity index (χ0v) is 19.3. The van der Waals surface area contributed by atoms with Gasteiger partial charge < -0.3 is 19.9 Å². The molecule has 4 aromatic rings. The molecule has 7 nitrogen and oxygen atoms in total. The molecule has 0 radical (unpaired) electrons. The van der Waals surface area contributed by atoms with Crippen molar-refractivity contribution in [2.75, 3.05) is 6.61 Å². The maximum absolute atomic E-state index is 13.4. The summed E-state index contributed by atoms with van der Waals surface area (Å²) in [4.78, 5) is 26.7. The van der Waals surface area contributed by atoms with E-state index >= 15 is 0 Å². The average molecular weight is 516 g/mol. The van der Waals surface area contributed by atoms with Crippen LogP contribution in [0.2, 0.25) is 0 Å². The van der Waals surface area contributed by atoms with Crippen LogP contribution in [0.4, 0.5) is 13.2 Å². The lowest BCUT2D eigenvalue weighted by Crippen LogP contribution is -2.50. The van der Waals surface area contributed by atoms with Crippen LogP contribution in [0.3, 0.4) is 0 Å². The summed E-state index contributed by atoms with van der Waals surface area (Å²) in [5, 5.41) is 11.0. The van der Waals surface area contributed by atoms with Crippen molar-refractivity contribution >= 4 is 33.8 Å². The molecule has 0 aliphatic carbocycles. The number of carbonyl (C=O) groups is 2. The van der Waals surface area contributed by atoms with E-state index in [2.05, 4.69) is 15.0 Å². The van der Waals surface area contributed by atoms with E-state index in [4.69, 9.17) is 14.6 Å². The van der Waals surface area contributed by atoms with Crippen LogP contribution in [0.5, 0.6) is 11.5 Å². The van der Waals surface area contributed by atoms with Crippen molar-refractivity contribution in [1.29, 1.82) is 0 Å². The number of rotatable bonds is 4. The van der Waals surface area contributed by atoms with Gasteiger partial charge in [0.05, 0.1) is 11.5 Å². The van der Waals surface area contributed by atoms with Gasteiger partial charge in [0.2, 0.25) is 0 Å². The number of nitrogens with zero attached hydrogens (tertiary/aromatic N) is 1. The highest BCUT2D eigenvalue weighted by atomic mass is 32.1. The number of carboxylic acid groups (broad SMARTS) is 1. The number of benzene rings is 2. The van der Waals surface area contributed by atoms with Crippen LogP contribution in [0.15, 0.2) is 72.9 Å². The molecule has 36 heavy (non-hydrogen) atoms. The lowest BCUT2D eigenvalue weighted by molar-refractivity contribution is -0.274. The Bertz CT molecular complexity index is 1340. The third-order valence-electron chi connectivity index (χ3n) is 5.47. The Morgan fingerprint density at radius 1 is 1.14 bits per heavy atom. The number of hydrogen-bond acceptors (Lipinski definition) is 6. The lowest BCUT2D eigenvalue weighted by atomic mass is 9.81. The predicted octanol–water partition coefficient (Wildman–Crippen LogP) is 5.35. The standard InChI is InChI=1S/C24H17F3N2O3S.CH2O2/c25-24(26,27)32-17-9-7-16(8-10-17)23(11-13-31-18-5-3-12-28-21(18)23)29-22(30)20-14-15-4-1-2-6-19(15)33-20;2-1-3/h1-10,12,14H,11,13H2,(H,29,30);1H,(H,2,3)/t23-;/m0./s1. The summed E-state index contributed by atoms with van der Waals surface area (Å²) in [6, 6.07) is 18.5. The van der Waals surface area contributed by atoms with E-state index in [1.54, 1.807) is 18.3 Å². The number of hydrogen-bond donors (Lipinski definition) is 2. The van der Waals surface area contributed by atoms with Gasteiger partial charge in [-0.05, 0) is 47.3 Å². The van der Waals surface area contributed by atoms with E-state index < -0.39 is 11.9 Å². The highest BCUT2D eigenvalue weighted by Gasteiger charge is 2.43. The number of amides is 1. The van der Waals surface area contributed by atoms with Crippen molar-refractivity contribution in [2.24, 2.45) is 0 Å². The van der Waals surface area contributed by atoms with Crippen LogP contribution in [0, 0.1) is 0 Å². The van der Waals surface area contributed by atoms with Gasteiger partial charge in [0.25, 0.3) is 12.4 Å². The van der Waals surface area contributed by atoms with E-state index in [1.165, 1.54) is 35.6 Å². The monoisotopic (exact) mass is 516 g/mol. The van der Waals surface area contributed by atoms with E-state index in [1.807, 2.05) is 30.3 Å². The van der Waals surface area contributed by atoms with Gasteiger partial charge in [-0.25, -0.2) is 0 Å². The highest BCUT2D eigenvalue weighted by molar-refractivity contribution is 7.20. The Morgan fingerprint density at radius 2 is 1.86 bits per heavy atom. The first kappa shape index (κ1) is 25.0. The van der Waals surface area contributed by atoms with Crippen molar-refractivity contribution in [3.63, 3.8) is 0 Å². The maximum atomic E-state index is 13.4. The second kappa shape index (κ2) is 10.2. The van der Waals surface area contributed by atoms with Crippen molar-refractivity contribution in [1.82, 2.24) is 10.3 Å². The number of halogens is 3. The number of aromatic nitrogens is 1. The molecule has 2 N–H and O–H groups in total. The Kier molecular flexibility index (Phi) is 7.11. The number of thiophene rings is 1. The molecular weight excluding hydrogens is 497 g/mol. The van der Waals surface area contributed by atoms with E-state index in [9.17, 15) is 18.0 Å². The largest absolute Gasteiger partial charge is 0.573 e. The lowest BCUT2D eigenvalue weighted by Gasteiger charge is -2.38. The molecule has 1 aliphatic heterocycles. The third kappa shape index (κ3) is 5.25. The number of pyridine rings is 1. The van der Waals surface area contributed by atoms with Crippen molar-refractivity contribution in [3.8, 4) is 11.5 Å². The Hall–Kier alpha value is -4.12. The average Bonchev–Trinajstić information content (AvgIpc) is 3.29. The summed E-state index contributed by atoms with van der Waals surface area (Å²) in [6.45, 7) is 0.0478. The Labute approximate surface area is 207 Å². The minimum absolute atomic E-state index is 0.250. The number of nitrogens with one attached hydrogen (secondary N) is 1. The van der Waals surface area contributed by atoms with E-state index in [0.29, 0.717) is 34.9 Å². The second-order valence-electron chi connectivity index (χ2n) is 7.63. The summed E-state index contributed by atoms with van der Waals surface area (Å²) < 4.78 is 48.6. The summed E-state index contributed by atoms with van der Waals surface area (Å²) >= 11 is 1.37. The molecule has 3 heterocycles. The van der Waals surface area contributed by atoms with Crippen LogP contribution in [-0.2, 0) is 10.3 Å². The van der Waals surface area contributed by atoms with Crippen LogP contribution in [0.25, 0.3) is 10.1 Å². The zero-order valence-electron chi connectivity index (χ0n) is 18.5. The molecule has 0 bridgehead atoms. The molecule has 1 amide bonds. The number of carbonyl (C=O) groups excluding carboxylic acids is 1. The molecule has 5 rings (SSSR count). The van der Waals surface area contributed by atoms with E-state index in [0.717, 1.165) is 10.1 Å². The molecule has 0 saturated heterocycles. The van der Waals surface area contributed by atoms with Gasteiger partial charge in [-0.1, -0.05) is 30.3 Å². The van der Waals surface area contributed by atoms with Gasteiger partial charge in [0, 0.05) is 17.3 Å². The zero-order chi connectivity index (χ0) is 25.8. The Balaban J connectivity index is 0.000000967. The molecule has 1 atom stereocenters. The molecule has 186 valence electrons. The molecule has 0 fully saturated rings. The fourth-order valence-corrected chi connectivity index (χ4v) is 4.98. The molecule has 0 unspecified atom stereocenters. The van der Waals surface area contributed by atoms with Crippen molar-refractivity contribution in [3.05, 3.63) is 89.1 Å². The second-order valence-corrected chi connectivity index (χ2v) is 8.72. The quantitative estimate of drug-likeness (QED) is 0.355. The summed E-state index contributed by atoms with van der Waals surface area (Å²) in [7, 11) is 0. The molecule has 0 spiro atoms. The van der Waals surface area contributed by atoms with E-state index in [-0.39, 0.29) is 18.1 Å². The minimum atomic E-state index is -4.79. The maximum Gasteiger partial charge on any atom is 0.573 e. The highest BCUT2D eigenvalue weighted by Crippen LogP contribution is 2.41. The Morgan fingerprint density at radius 3 is 2.56 bits per heavy atom. The van der Waals surface area contributed by atoms with Gasteiger partial charge in [0.1, 0.15) is 22.7 Å². The molecule has 2 aromatic carbocycles. The molecule has 1 aliphatic rings. The predicted molar refractivity (Wildman–Crippen MR) is 126 cm³/mol. The SMILES string of the molecule is O=C(N[C@]1(c2ccc(OC(F)(F)F)cc2)CCOc2cccnc21)c1cc2ccccc2s1.O=CO. The van der Waals surface area contributed by atoms with Crippen LogP contribution in [-0.4, -0.2) is 35.4 Å². The fraction of sp³-hybridized carbons (Fsp3) is 0.160. The third-order valence-corrected chi connectivity index (χ3v) is 6.58. The first-order chi connectivity index (χ1) is 17.3. The van der Waals surface area contributed by atoms with Gasteiger partial charge in [-0.2, -0.15) is 0 Å².